The smallest absolute Gasteiger partial charge is 0.308 e. The molecular weight excluding hydrogens is 226 g/mol. The van der Waals surface area contributed by atoms with Gasteiger partial charge in [0.05, 0.1) is 5.92 Å². The number of carboxylic acids is 1. The van der Waals surface area contributed by atoms with Crippen molar-refractivity contribution in [2.24, 2.45) is 11.3 Å². The highest BCUT2D eigenvalue weighted by Gasteiger charge is 2.40. The lowest BCUT2D eigenvalue weighted by molar-refractivity contribution is -0.146. The summed E-state index contributed by atoms with van der Waals surface area (Å²) in [6, 6.07) is 8.18. The number of para-hydroxylation sites is 1. The van der Waals surface area contributed by atoms with Crippen LogP contribution in [0.1, 0.15) is 25.8 Å². The summed E-state index contributed by atoms with van der Waals surface area (Å²) in [5.41, 5.74) is 2.26. The fourth-order valence-corrected chi connectivity index (χ4v) is 2.71. The zero-order valence-electron chi connectivity index (χ0n) is 11.3. The molecule has 0 spiro atoms. The number of anilines is 1. The minimum Gasteiger partial charge on any atom is -0.481 e. The fourth-order valence-electron chi connectivity index (χ4n) is 2.71. The minimum atomic E-state index is -0.682. The zero-order valence-corrected chi connectivity index (χ0v) is 11.3. The van der Waals surface area contributed by atoms with Crippen LogP contribution in [0.25, 0.3) is 0 Å². The summed E-state index contributed by atoms with van der Waals surface area (Å²) in [5, 5.41) is 9.38. The fraction of sp³-hybridized carbons (Fsp3) is 0.533. The van der Waals surface area contributed by atoms with E-state index in [1.54, 1.807) is 0 Å². The molecule has 0 aliphatic carbocycles. The summed E-state index contributed by atoms with van der Waals surface area (Å²) in [6.07, 6.45) is 0.915. The molecule has 1 aliphatic rings. The Labute approximate surface area is 108 Å². The average molecular weight is 247 g/mol. The summed E-state index contributed by atoms with van der Waals surface area (Å²) >= 11 is 0. The van der Waals surface area contributed by atoms with E-state index in [9.17, 15) is 9.90 Å². The van der Waals surface area contributed by atoms with Gasteiger partial charge in [0.2, 0.25) is 0 Å². The topological polar surface area (TPSA) is 40.5 Å². The van der Waals surface area contributed by atoms with Gasteiger partial charge in [-0.05, 0) is 30.4 Å². The molecule has 18 heavy (non-hydrogen) atoms. The van der Waals surface area contributed by atoms with Gasteiger partial charge in [-0.2, -0.15) is 0 Å². The number of rotatable bonds is 2. The number of carboxylic acid groups (broad SMARTS) is 1. The second-order valence-electron chi connectivity index (χ2n) is 5.86. The van der Waals surface area contributed by atoms with Crippen LogP contribution in [0.4, 0.5) is 5.69 Å². The summed E-state index contributed by atoms with van der Waals surface area (Å²) in [4.78, 5) is 13.6. The molecular formula is C15H21NO2. The Morgan fingerprint density at radius 2 is 2.06 bits per heavy atom. The molecule has 0 aromatic heterocycles. The number of hydrogen-bond donors (Lipinski definition) is 1. The van der Waals surface area contributed by atoms with E-state index in [2.05, 4.69) is 37.8 Å². The van der Waals surface area contributed by atoms with E-state index in [0.29, 0.717) is 6.54 Å². The maximum atomic E-state index is 11.4. The molecule has 0 saturated carbocycles. The van der Waals surface area contributed by atoms with E-state index in [0.717, 1.165) is 13.0 Å². The molecule has 1 saturated heterocycles. The quantitative estimate of drug-likeness (QED) is 0.873. The molecule has 1 aromatic rings. The predicted octanol–water partition coefficient (Wildman–Crippen LogP) is 2.93. The first-order valence-corrected chi connectivity index (χ1v) is 6.45. The van der Waals surface area contributed by atoms with Crippen LogP contribution in [0.2, 0.25) is 0 Å². The van der Waals surface area contributed by atoms with Crippen molar-refractivity contribution in [3.05, 3.63) is 29.8 Å². The van der Waals surface area contributed by atoms with E-state index in [1.165, 1.54) is 11.3 Å². The van der Waals surface area contributed by atoms with Crippen molar-refractivity contribution in [2.45, 2.75) is 27.2 Å². The molecule has 2 rings (SSSR count). The first-order valence-electron chi connectivity index (χ1n) is 6.45. The number of benzene rings is 1. The standard InChI is InChI=1S/C15H21NO2/c1-11-6-4-5-7-13(11)16-9-8-15(2,3)12(10-16)14(17)18/h4-7,12H,8-10H2,1-3H3,(H,17,18). The first-order chi connectivity index (χ1) is 8.42. The van der Waals surface area contributed by atoms with E-state index < -0.39 is 5.97 Å². The van der Waals surface area contributed by atoms with Gasteiger partial charge in [0.25, 0.3) is 0 Å². The Balaban J connectivity index is 2.24. The van der Waals surface area contributed by atoms with Gasteiger partial charge in [-0.25, -0.2) is 0 Å². The molecule has 0 bridgehead atoms. The molecule has 1 fully saturated rings. The second kappa shape index (κ2) is 4.63. The number of aliphatic carboxylic acids is 1. The Bertz CT molecular complexity index is 454. The van der Waals surface area contributed by atoms with Gasteiger partial charge in [-0.3, -0.25) is 4.79 Å². The SMILES string of the molecule is Cc1ccccc1N1CCC(C)(C)C(C(=O)O)C1. The van der Waals surface area contributed by atoms with Crippen LogP contribution in [0.15, 0.2) is 24.3 Å². The van der Waals surface area contributed by atoms with Crippen molar-refractivity contribution in [1.82, 2.24) is 0 Å². The van der Waals surface area contributed by atoms with Crippen LogP contribution in [0, 0.1) is 18.3 Å². The maximum absolute atomic E-state index is 11.4. The van der Waals surface area contributed by atoms with Crippen molar-refractivity contribution in [3.8, 4) is 0 Å². The van der Waals surface area contributed by atoms with Crippen molar-refractivity contribution >= 4 is 11.7 Å². The van der Waals surface area contributed by atoms with Crippen LogP contribution >= 0.6 is 0 Å². The van der Waals surface area contributed by atoms with E-state index in [1.807, 2.05) is 12.1 Å². The van der Waals surface area contributed by atoms with Crippen LogP contribution in [-0.2, 0) is 4.79 Å². The van der Waals surface area contributed by atoms with E-state index >= 15 is 0 Å². The Kier molecular flexibility index (Phi) is 3.33. The number of carbonyl (C=O) groups is 1. The third-order valence-corrected chi connectivity index (χ3v) is 4.13. The molecule has 0 amide bonds. The number of nitrogens with zero attached hydrogens (tertiary/aromatic N) is 1. The van der Waals surface area contributed by atoms with E-state index in [-0.39, 0.29) is 11.3 Å². The number of piperidine rings is 1. The zero-order chi connectivity index (χ0) is 13.3. The maximum Gasteiger partial charge on any atom is 0.308 e. The van der Waals surface area contributed by atoms with Gasteiger partial charge >= 0.3 is 5.97 Å². The van der Waals surface area contributed by atoms with Crippen molar-refractivity contribution in [3.63, 3.8) is 0 Å². The predicted molar refractivity (Wildman–Crippen MR) is 72.9 cm³/mol. The Morgan fingerprint density at radius 1 is 1.39 bits per heavy atom. The highest BCUT2D eigenvalue weighted by molar-refractivity contribution is 5.72. The molecule has 1 aromatic carbocycles. The second-order valence-corrected chi connectivity index (χ2v) is 5.86. The third kappa shape index (κ3) is 2.35. The van der Waals surface area contributed by atoms with Crippen molar-refractivity contribution < 1.29 is 9.90 Å². The van der Waals surface area contributed by atoms with E-state index in [4.69, 9.17) is 0 Å². The monoisotopic (exact) mass is 247 g/mol. The van der Waals surface area contributed by atoms with Crippen LogP contribution < -0.4 is 4.90 Å². The molecule has 1 atom stereocenters. The van der Waals surface area contributed by atoms with Gasteiger partial charge in [0.1, 0.15) is 0 Å². The highest BCUT2D eigenvalue weighted by Crippen LogP contribution is 2.38. The molecule has 0 radical (unpaired) electrons. The van der Waals surface area contributed by atoms with Gasteiger partial charge < -0.3 is 10.0 Å². The van der Waals surface area contributed by atoms with Crippen molar-refractivity contribution in [1.29, 1.82) is 0 Å². The van der Waals surface area contributed by atoms with Crippen LogP contribution in [-0.4, -0.2) is 24.2 Å². The normalized spacial score (nSPS) is 22.8. The van der Waals surface area contributed by atoms with Crippen molar-refractivity contribution in [2.75, 3.05) is 18.0 Å². The van der Waals surface area contributed by atoms with Gasteiger partial charge in [0, 0.05) is 18.8 Å². The molecule has 1 N–H and O–H groups in total. The van der Waals surface area contributed by atoms with Gasteiger partial charge in [-0.15, -0.1) is 0 Å². The van der Waals surface area contributed by atoms with Crippen LogP contribution in [0.5, 0.6) is 0 Å². The molecule has 1 aliphatic heterocycles. The molecule has 3 heteroatoms. The van der Waals surface area contributed by atoms with Crippen LogP contribution in [0.3, 0.4) is 0 Å². The lowest BCUT2D eigenvalue weighted by Gasteiger charge is -2.43. The summed E-state index contributed by atoms with van der Waals surface area (Å²) < 4.78 is 0. The first kappa shape index (κ1) is 12.9. The Morgan fingerprint density at radius 3 is 2.67 bits per heavy atom. The molecule has 1 unspecified atom stereocenters. The Hall–Kier alpha value is -1.51. The summed E-state index contributed by atoms with van der Waals surface area (Å²) in [7, 11) is 0. The number of aryl methyl sites for hydroxylation is 1. The molecule has 1 heterocycles. The minimum absolute atomic E-state index is 0.120. The largest absolute Gasteiger partial charge is 0.481 e. The lowest BCUT2D eigenvalue weighted by atomic mass is 9.73. The van der Waals surface area contributed by atoms with Gasteiger partial charge in [-0.1, -0.05) is 32.0 Å². The lowest BCUT2D eigenvalue weighted by Crippen LogP contribution is -2.48. The number of hydrogen-bond acceptors (Lipinski definition) is 2. The highest BCUT2D eigenvalue weighted by atomic mass is 16.4. The van der Waals surface area contributed by atoms with Gasteiger partial charge in [0.15, 0.2) is 0 Å². The summed E-state index contributed by atoms with van der Waals surface area (Å²) in [6.45, 7) is 7.72. The third-order valence-electron chi connectivity index (χ3n) is 4.13. The summed E-state index contributed by atoms with van der Waals surface area (Å²) in [5.74, 6) is -0.982. The molecule has 3 nitrogen and oxygen atoms in total. The average Bonchev–Trinajstić information content (AvgIpc) is 2.29. The molecule has 98 valence electrons.